The van der Waals surface area contributed by atoms with E-state index < -0.39 is 0 Å². The van der Waals surface area contributed by atoms with Gasteiger partial charge in [-0.3, -0.25) is 9.69 Å². The number of benzene rings is 2. The van der Waals surface area contributed by atoms with Crippen LogP contribution < -0.4 is 5.32 Å². The summed E-state index contributed by atoms with van der Waals surface area (Å²) in [5.74, 6) is 0.298. The van der Waals surface area contributed by atoms with Crippen molar-refractivity contribution in [2.75, 3.05) is 13.1 Å². The number of piperidine rings is 1. The molecule has 0 atom stereocenters. The third kappa shape index (κ3) is 4.83. The topological polar surface area (TPSA) is 32.3 Å². The summed E-state index contributed by atoms with van der Waals surface area (Å²) >= 11 is 6.24. The van der Waals surface area contributed by atoms with E-state index in [4.69, 9.17) is 11.6 Å². The molecule has 0 aromatic heterocycles. The Morgan fingerprint density at radius 3 is 2.40 bits per heavy atom. The van der Waals surface area contributed by atoms with Crippen LogP contribution in [0.2, 0.25) is 5.02 Å². The lowest BCUT2D eigenvalue weighted by molar-refractivity contribution is -0.126. The molecule has 1 saturated heterocycles. The molecular formula is C21H25ClN2O. The standard InChI is InChI=1S/C21H25ClN2O/c1-16-6-2-3-7-18(16)14-23-21(25)17-10-12-24(13-11-17)15-19-8-4-5-9-20(19)22/h2-9,17H,10-15H2,1H3,(H,23,25). The maximum Gasteiger partial charge on any atom is 0.223 e. The number of amides is 1. The van der Waals surface area contributed by atoms with Crippen LogP contribution in [0.5, 0.6) is 0 Å². The van der Waals surface area contributed by atoms with Crippen LogP contribution >= 0.6 is 11.6 Å². The number of nitrogens with zero attached hydrogens (tertiary/aromatic N) is 1. The van der Waals surface area contributed by atoms with Crippen molar-refractivity contribution < 1.29 is 4.79 Å². The Kier molecular flexibility index (Phi) is 6.11. The van der Waals surface area contributed by atoms with Crippen molar-refractivity contribution in [1.82, 2.24) is 10.2 Å². The van der Waals surface area contributed by atoms with E-state index in [1.54, 1.807) is 0 Å². The average molecular weight is 357 g/mol. The van der Waals surface area contributed by atoms with Crippen LogP contribution in [0, 0.1) is 12.8 Å². The van der Waals surface area contributed by atoms with Crippen LogP contribution in [0.1, 0.15) is 29.5 Å². The molecule has 1 amide bonds. The summed E-state index contributed by atoms with van der Waals surface area (Å²) in [6.45, 7) is 5.43. The van der Waals surface area contributed by atoms with Gasteiger partial charge in [0.1, 0.15) is 0 Å². The quantitative estimate of drug-likeness (QED) is 0.871. The fourth-order valence-electron chi connectivity index (χ4n) is 3.36. The maximum atomic E-state index is 12.5. The number of rotatable bonds is 5. The van der Waals surface area contributed by atoms with Crippen LogP contribution in [-0.4, -0.2) is 23.9 Å². The van der Waals surface area contributed by atoms with Crippen LogP contribution in [0.25, 0.3) is 0 Å². The highest BCUT2D eigenvalue weighted by Gasteiger charge is 2.25. The van der Waals surface area contributed by atoms with E-state index in [9.17, 15) is 4.79 Å². The largest absolute Gasteiger partial charge is 0.352 e. The van der Waals surface area contributed by atoms with E-state index in [1.807, 2.05) is 30.3 Å². The number of carbonyl (C=O) groups is 1. The SMILES string of the molecule is Cc1ccccc1CNC(=O)C1CCN(Cc2ccccc2Cl)CC1. The molecule has 3 rings (SSSR count). The molecule has 0 radical (unpaired) electrons. The highest BCUT2D eigenvalue weighted by atomic mass is 35.5. The summed E-state index contributed by atoms with van der Waals surface area (Å²) in [6, 6.07) is 16.2. The molecule has 0 unspecified atom stereocenters. The summed E-state index contributed by atoms with van der Waals surface area (Å²) < 4.78 is 0. The molecule has 1 fully saturated rings. The van der Waals surface area contributed by atoms with E-state index in [2.05, 4.69) is 35.3 Å². The molecule has 4 heteroatoms. The van der Waals surface area contributed by atoms with Gasteiger partial charge in [-0.05, 0) is 55.6 Å². The predicted octanol–water partition coefficient (Wildman–Crippen LogP) is 4.18. The van der Waals surface area contributed by atoms with Crippen molar-refractivity contribution in [3.05, 3.63) is 70.2 Å². The van der Waals surface area contributed by atoms with Crippen molar-refractivity contribution in [3.8, 4) is 0 Å². The zero-order chi connectivity index (χ0) is 17.6. The van der Waals surface area contributed by atoms with Gasteiger partial charge < -0.3 is 5.32 Å². The van der Waals surface area contributed by atoms with Crippen molar-refractivity contribution >= 4 is 17.5 Å². The first-order chi connectivity index (χ1) is 12.1. The van der Waals surface area contributed by atoms with Crippen LogP contribution in [-0.2, 0) is 17.9 Å². The van der Waals surface area contributed by atoms with Crippen molar-refractivity contribution in [2.45, 2.75) is 32.9 Å². The normalized spacial score (nSPS) is 15.9. The minimum absolute atomic E-state index is 0.117. The molecule has 1 aliphatic heterocycles. The number of nitrogens with one attached hydrogen (secondary N) is 1. The number of likely N-dealkylation sites (tertiary alicyclic amines) is 1. The molecule has 1 N–H and O–H groups in total. The van der Waals surface area contributed by atoms with E-state index in [-0.39, 0.29) is 11.8 Å². The first-order valence-electron chi connectivity index (χ1n) is 8.91. The molecule has 3 nitrogen and oxygen atoms in total. The van der Waals surface area contributed by atoms with Gasteiger partial charge in [-0.2, -0.15) is 0 Å². The second kappa shape index (κ2) is 8.50. The van der Waals surface area contributed by atoms with Gasteiger partial charge in [-0.15, -0.1) is 0 Å². The van der Waals surface area contributed by atoms with Gasteiger partial charge >= 0.3 is 0 Å². The Hall–Kier alpha value is -1.84. The van der Waals surface area contributed by atoms with Crippen molar-refractivity contribution in [2.24, 2.45) is 5.92 Å². The minimum atomic E-state index is 0.117. The lowest BCUT2D eigenvalue weighted by Crippen LogP contribution is -2.40. The second-order valence-electron chi connectivity index (χ2n) is 6.79. The molecule has 1 aliphatic rings. The van der Waals surface area contributed by atoms with Gasteiger partial charge in [0.2, 0.25) is 5.91 Å². The molecule has 132 valence electrons. The number of hydrogen-bond donors (Lipinski definition) is 1. The van der Waals surface area contributed by atoms with Crippen molar-refractivity contribution in [3.63, 3.8) is 0 Å². The molecular weight excluding hydrogens is 332 g/mol. The van der Waals surface area contributed by atoms with Gasteiger partial charge in [-0.1, -0.05) is 54.1 Å². The lowest BCUT2D eigenvalue weighted by Gasteiger charge is -2.31. The fraction of sp³-hybridized carbons (Fsp3) is 0.381. The van der Waals surface area contributed by atoms with E-state index >= 15 is 0 Å². The summed E-state index contributed by atoms with van der Waals surface area (Å²) in [5.41, 5.74) is 3.57. The maximum absolute atomic E-state index is 12.5. The highest BCUT2D eigenvalue weighted by Crippen LogP contribution is 2.22. The van der Waals surface area contributed by atoms with E-state index in [1.165, 1.54) is 11.1 Å². The lowest BCUT2D eigenvalue weighted by atomic mass is 9.95. The van der Waals surface area contributed by atoms with Crippen LogP contribution in [0.15, 0.2) is 48.5 Å². The summed E-state index contributed by atoms with van der Waals surface area (Å²) in [7, 11) is 0. The van der Waals surface area contributed by atoms with Gasteiger partial charge in [-0.25, -0.2) is 0 Å². The number of hydrogen-bond acceptors (Lipinski definition) is 2. The Morgan fingerprint density at radius 2 is 1.72 bits per heavy atom. The third-order valence-electron chi connectivity index (χ3n) is 5.02. The fourth-order valence-corrected chi connectivity index (χ4v) is 3.55. The Balaban J connectivity index is 1.46. The number of aryl methyl sites for hydroxylation is 1. The molecule has 25 heavy (non-hydrogen) atoms. The highest BCUT2D eigenvalue weighted by molar-refractivity contribution is 6.31. The first-order valence-corrected chi connectivity index (χ1v) is 9.29. The smallest absolute Gasteiger partial charge is 0.223 e. The third-order valence-corrected chi connectivity index (χ3v) is 5.39. The zero-order valence-corrected chi connectivity index (χ0v) is 15.4. The minimum Gasteiger partial charge on any atom is -0.352 e. The second-order valence-corrected chi connectivity index (χ2v) is 7.19. The van der Waals surface area contributed by atoms with E-state index in [0.717, 1.165) is 43.1 Å². The molecule has 0 bridgehead atoms. The van der Waals surface area contributed by atoms with Crippen LogP contribution in [0.3, 0.4) is 0 Å². The zero-order valence-electron chi connectivity index (χ0n) is 14.7. The van der Waals surface area contributed by atoms with Crippen molar-refractivity contribution in [1.29, 1.82) is 0 Å². The number of halogens is 1. The van der Waals surface area contributed by atoms with Gasteiger partial charge in [0.25, 0.3) is 0 Å². The van der Waals surface area contributed by atoms with E-state index in [0.29, 0.717) is 6.54 Å². The van der Waals surface area contributed by atoms with Gasteiger partial charge in [0.05, 0.1) is 0 Å². The molecule has 2 aromatic rings. The Bertz CT molecular complexity index is 723. The molecule has 0 spiro atoms. The van der Waals surface area contributed by atoms with Gasteiger partial charge in [0, 0.05) is 24.0 Å². The predicted molar refractivity (Wildman–Crippen MR) is 102 cm³/mol. The van der Waals surface area contributed by atoms with Gasteiger partial charge in [0.15, 0.2) is 0 Å². The Labute approximate surface area is 155 Å². The average Bonchev–Trinajstić information content (AvgIpc) is 2.63. The molecule has 1 heterocycles. The summed E-state index contributed by atoms with van der Waals surface area (Å²) in [4.78, 5) is 14.8. The molecule has 0 saturated carbocycles. The summed E-state index contributed by atoms with van der Waals surface area (Å²) in [5, 5.41) is 3.92. The first kappa shape index (κ1) is 18.0. The number of carbonyl (C=O) groups excluding carboxylic acids is 1. The molecule has 0 aliphatic carbocycles. The summed E-state index contributed by atoms with van der Waals surface area (Å²) in [6.07, 6.45) is 1.81. The molecule has 2 aromatic carbocycles. The van der Waals surface area contributed by atoms with Crippen LogP contribution in [0.4, 0.5) is 0 Å². The monoisotopic (exact) mass is 356 g/mol. The Morgan fingerprint density at radius 1 is 1.08 bits per heavy atom.